The molecule has 27 heavy (non-hydrogen) atoms. The molecule has 2 aromatic carbocycles. The lowest BCUT2D eigenvalue weighted by Crippen LogP contribution is -2.19. The smallest absolute Gasteiger partial charge is 0.405 e. The number of hydrogen-bond donors (Lipinski definition) is 1. The second-order valence-electron chi connectivity index (χ2n) is 5.76. The number of alkyl halides is 3. The average Bonchev–Trinajstić information content (AvgIpc) is 3.08. The Hall–Kier alpha value is -3.29. The van der Waals surface area contributed by atoms with E-state index in [2.05, 4.69) is 15.2 Å². The number of nitrogens with one attached hydrogen (secondary N) is 1. The van der Waals surface area contributed by atoms with Gasteiger partial charge in [0.1, 0.15) is 5.75 Å². The van der Waals surface area contributed by atoms with Crippen LogP contribution in [0, 0.1) is 0 Å². The minimum Gasteiger partial charge on any atom is -0.405 e. The van der Waals surface area contributed by atoms with E-state index >= 15 is 0 Å². The quantitative estimate of drug-likeness (QED) is 0.731. The molecule has 3 rings (SSSR count). The van der Waals surface area contributed by atoms with E-state index < -0.39 is 6.36 Å². The lowest BCUT2D eigenvalue weighted by molar-refractivity contribution is -0.274. The molecule has 1 N–H and O–H groups in total. The molecule has 0 fully saturated rings. The highest BCUT2D eigenvalue weighted by Crippen LogP contribution is 2.34. The maximum Gasteiger partial charge on any atom is 0.573 e. The molecule has 1 heterocycles. The van der Waals surface area contributed by atoms with Gasteiger partial charge in [0.05, 0.1) is 17.9 Å². The maximum atomic E-state index is 12.6. The molecule has 0 bridgehead atoms. The fourth-order valence-electron chi connectivity index (χ4n) is 2.55. The molecule has 0 radical (unpaired) electrons. The van der Waals surface area contributed by atoms with Gasteiger partial charge in [0.15, 0.2) is 0 Å². The molecular weight excluding hydrogens is 359 g/mol. The summed E-state index contributed by atoms with van der Waals surface area (Å²) in [5.74, 6) is -0.429. The summed E-state index contributed by atoms with van der Waals surface area (Å²) in [5.41, 5.74) is 2.22. The largest absolute Gasteiger partial charge is 0.573 e. The van der Waals surface area contributed by atoms with Gasteiger partial charge in [-0.1, -0.05) is 30.3 Å². The molecule has 0 aliphatic heterocycles. The first-order valence-corrected chi connectivity index (χ1v) is 8.06. The van der Waals surface area contributed by atoms with E-state index in [4.69, 9.17) is 0 Å². The highest BCUT2D eigenvalue weighted by molar-refractivity contribution is 5.73. The number of hydrogen-bond acceptors (Lipinski definition) is 3. The summed E-state index contributed by atoms with van der Waals surface area (Å²) >= 11 is 0. The number of rotatable bonds is 5. The molecule has 3 aromatic rings. The third-order valence-electron chi connectivity index (χ3n) is 3.70. The van der Waals surface area contributed by atoms with Gasteiger partial charge in [-0.15, -0.1) is 13.2 Å². The molecule has 8 heteroatoms. The molecule has 0 saturated carbocycles. The van der Waals surface area contributed by atoms with Gasteiger partial charge in [-0.2, -0.15) is 5.10 Å². The van der Waals surface area contributed by atoms with Crippen LogP contribution in [0.2, 0.25) is 0 Å². The van der Waals surface area contributed by atoms with Crippen molar-refractivity contribution < 1.29 is 22.7 Å². The highest BCUT2D eigenvalue weighted by atomic mass is 19.4. The zero-order chi connectivity index (χ0) is 19.4. The van der Waals surface area contributed by atoms with Crippen molar-refractivity contribution in [3.05, 3.63) is 66.5 Å². The predicted octanol–water partition coefficient (Wildman–Crippen LogP) is 4.07. The summed E-state index contributed by atoms with van der Waals surface area (Å²) < 4.78 is 43.7. The molecule has 0 spiro atoms. The highest BCUT2D eigenvalue weighted by Gasteiger charge is 2.32. The number of carbonyl (C=O) groups excluding carboxylic acids is 1. The number of nitrogens with zero attached hydrogens (tertiary/aromatic N) is 2. The Bertz CT molecular complexity index is 951. The Balaban J connectivity index is 1.90. The summed E-state index contributed by atoms with van der Waals surface area (Å²) in [6.45, 7) is 1.71. The van der Waals surface area contributed by atoms with Gasteiger partial charge in [0.25, 0.3) is 0 Å². The fraction of sp³-hybridized carbons (Fsp3) is 0.158. The minimum atomic E-state index is -4.77. The van der Waals surface area contributed by atoms with E-state index in [0.717, 1.165) is 0 Å². The number of aromatic nitrogens is 2. The predicted molar refractivity (Wildman–Crippen MR) is 93.2 cm³/mol. The van der Waals surface area contributed by atoms with E-state index in [1.165, 1.54) is 19.1 Å². The van der Waals surface area contributed by atoms with Crippen molar-refractivity contribution in [2.24, 2.45) is 0 Å². The number of ether oxygens (including phenoxy) is 1. The normalized spacial score (nSPS) is 11.3. The van der Waals surface area contributed by atoms with Crippen molar-refractivity contribution >= 4 is 5.91 Å². The van der Waals surface area contributed by atoms with Gasteiger partial charge in [-0.3, -0.25) is 4.79 Å². The van der Waals surface area contributed by atoms with Crippen molar-refractivity contribution in [3.8, 4) is 22.6 Å². The van der Waals surface area contributed by atoms with Crippen LogP contribution in [0.25, 0.3) is 16.8 Å². The van der Waals surface area contributed by atoms with E-state index in [1.807, 2.05) is 0 Å². The van der Waals surface area contributed by atoms with Crippen molar-refractivity contribution in [2.75, 3.05) is 0 Å². The van der Waals surface area contributed by atoms with Crippen LogP contribution >= 0.6 is 0 Å². The maximum absolute atomic E-state index is 12.6. The van der Waals surface area contributed by atoms with E-state index in [9.17, 15) is 18.0 Å². The Morgan fingerprint density at radius 3 is 2.67 bits per heavy atom. The molecule has 0 saturated heterocycles. The fourth-order valence-corrected chi connectivity index (χ4v) is 2.55. The van der Waals surface area contributed by atoms with E-state index in [-0.39, 0.29) is 11.7 Å². The van der Waals surface area contributed by atoms with Gasteiger partial charge < -0.3 is 10.1 Å². The Labute approximate surface area is 153 Å². The number of amides is 1. The number of carbonyl (C=O) groups is 1. The van der Waals surface area contributed by atoms with Crippen LogP contribution in [-0.2, 0) is 11.3 Å². The Morgan fingerprint density at radius 1 is 1.15 bits per heavy atom. The van der Waals surface area contributed by atoms with E-state index in [0.29, 0.717) is 29.1 Å². The van der Waals surface area contributed by atoms with Crippen LogP contribution in [0.3, 0.4) is 0 Å². The summed E-state index contributed by atoms with van der Waals surface area (Å²) in [4.78, 5) is 11.0. The van der Waals surface area contributed by atoms with Crippen LogP contribution in [0.1, 0.15) is 12.6 Å². The molecule has 0 atom stereocenters. The van der Waals surface area contributed by atoms with Crippen molar-refractivity contribution in [2.45, 2.75) is 19.8 Å². The summed E-state index contributed by atoms with van der Waals surface area (Å²) in [7, 11) is 0. The number of para-hydroxylation sites is 1. The van der Waals surface area contributed by atoms with Crippen molar-refractivity contribution in [3.63, 3.8) is 0 Å². The zero-order valence-electron chi connectivity index (χ0n) is 14.3. The van der Waals surface area contributed by atoms with Crippen molar-refractivity contribution in [1.29, 1.82) is 0 Å². The van der Waals surface area contributed by atoms with Gasteiger partial charge in [0, 0.05) is 18.7 Å². The third-order valence-corrected chi connectivity index (χ3v) is 3.70. The lowest BCUT2D eigenvalue weighted by atomic mass is 10.0. The van der Waals surface area contributed by atoms with Crippen LogP contribution < -0.4 is 10.1 Å². The molecular formula is C19H16F3N3O2. The zero-order valence-corrected chi connectivity index (χ0v) is 14.3. The van der Waals surface area contributed by atoms with Crippen LogP contribution in [0.5, 0.6) is 5.75 Å². The first-order valence-electron chi connectivity index (χ1n) is 8.06. The molecule has 0 unspecified atom stereocenters. The third kappa shape index (κ3) is 4.87. The second-order valence-corrected chi connectivity index (χ2v) is 5.76. The van der Waals surface area contributed by atoms with Crippen LogP contribution in [-0.4, -0.2) is 22.1 Å². The molecule has 0 aliphatic carbocycles. The molecule has 1 aromatic heterocycles. The molecule has 140 valence electrons. The standard InChI is InChI=1S/C19H16F3N3O2/c1-13(26)23-12-15-9-10-25(24-15)16-6-4-5-14(11-16)17-7-2-3-8-18(17)27-19(20,21)22/h2-11H,12H2,1H3,(H,23,26). The molecule has 0 aliphatic rings. The van der Waals surface area contributed by atoms with E-state index in [1.54, 1.807) is 53.3 Å². The van der Waals surface area contributed by atoms with Gasteiger partial charge in [-0.05, 0) is 29.8 Å². The minimum absolute atomic E-state index is 0.159. The summed E-state index contributed by atoms with van der Waals surface area (Å²) in [6, 6.07) is 14.6. The van der Waals surface area contributed by atoms with Crippen LogP contribution in [0.4, 0.5) is 13.2 Å². The molecule has 1 amide bonds. The topological polar surface area (TPSA) is 56.2 Å². The first kappa shape index (κ1) is 18.5. The monoisotopic (exact) mass is 375 g/mol. The Kier molecular flexibility index (Phi) is 5.16. The van der Waals surface area contributed by atoms with Crippen LogP contribution in [0.15, 0.2) is 60.8 Å². The second kappa shape index (κ2) is 7.53. The number of benzene rings is 2. The number of halogens is 3. The van der Waals surface area contributed by atoms with Gasteiger partial charge in [-0.25, -0.2) is 4.68 Å². The SMILES string of the molecule is CC(=O)NCc1ccn(-c2cccc(-c3ccccc3OC(F)(F)F)c2)n1. The average molecular weight is 375 g/mol. The van der Waals surface area contributed by atoms with Gasteiger partial charge in [0.2, 0.25) is 5.91 Å². The Morgan fingerprint density at radius 2 is 1.93 bits per heavy atom. The summed E-state index contributed by atoms with van der Waals surface area (Å²) in [6.07, 6.45) is -3.05. The van der Waals surface area contributed by atoms with Gasteiger partial charge >= 0.3 is 6.36 Å². The van der Waals surface area contributed by atoms with Crippen molar-refractivity contribution in [1.82, 2.24) is 15.1 Å². The summed E-state index contributed by atoms with van der Waals surface area (Å²) in [5, 5.41) is 7.01. The first-order chi connectivity index (χ1) is 12.8. The lowest BCUT2D eigenvalue weighted by Gasteiger charge is -2.14. The molecule has 5 nitrogen and oxygen atoms in total.